The third-order valence-corrected chi connectivity index (χ3v) is 3.23. The quantitative estimate of drug-likeness (QED) is 0.337. The molecule has 0 radical (unpaired) electrons. The molecule has 0 unspecified atom stereocenters. The number of hydrogen-bond donors (Lipinski definition) is 4. The molecule has 1 heterocycles. The van der Waals surface area contributed by atoms with Gasteiger partial charge in [0, 0.05) is 6.21 Å². The molecule has 4 N–H and O–H groups in total. The smallest absolute Gasteiger partial charge is 0.342 e. The van der Waals surface area contributed by atoms with Crippen molar-refractivity contribution < 1.29 is 4.79 Å². The Morgan fingerprint density at radius 3 is 3.00 bits per heavy atom. The van der Waals surface area contributed by atoms with Gasteiger partial charge in [-0.25, -0.2) is 15.3 Å². The van der Waals surface area contributed by atoms with Crippen LogP contribution in [0.25, 0.3) is 0 Å². The van der Waals surface area contributed by atoms with E-state index in [0.29, 0.717) is 5.92 Å². The third kappa shape index (κ3) is 4.40. The van der Waals surface area contributed by atoms with Crippen LogP contribution in [0.15, 0.2) is 26.8 Å². The molecule has 1 aliphatic rings. The molecule has 1 amide bonds. The summed E-state index contributed by atoms with van der Waals surface area (Å²) in [7, 11) is 0. The summed E-state index contributed by atoms with van der Waals surface area (Å²) in [4.78, 5) is 36.2. The number of nitrogens with one attached hydrogen (secondary N) is 4. The molecular formula is C13H18N6O3. The normalized spacial score (nSPS) is 19.0. The van der Waals surface area contributed by atoms with Crippen LogP contribution in [0.3, 0.4) is 0 Å². The number of allylic oxidation sites excluding steroid dienone is 2. The van der Waals surface area contributed by atoms with E-state index in [1.165, 1.54) is 0 Å². The molecule has 1 aromatic heterocycles. The van der Waals surface area contributed by atoms with E-state index in [0.717, 1.165) is 19.3 Å². The Morgan fingerprint density at radius 2 is 2.32 bits per heavy atom. The van der Waals surface area contributed by atoms with Gasteiger partial charge in [-0.2, -0.15) is 5.10 Å². The second-order valence-electron chi connectivity index (χ2n) is 5.02. The summed E-state index contributed by atoms with van der Waals surface area (Å²) in [6.45, 7) is 1.56. The van der Waals surface area contributed by atoms with Gasteiger partial charge in [-0.15, -0.1) is 5.10 Å². The Labute approximate surface area is 125 Å². The van der Waals surface area contributed by atoms with Crippen LogP contribution in [0, 0.1) is 5.92 Å². The van der Waals surface area contributed by atoms with Crippen LogP contribution in [0.5, 0.6) is 0 Å². The molecule has 0 aromatic carbocycles. The number of aromatic nitrogens is 3. The zero-order valence-corrected chi connectivity index (χ0v) is 12.1. The lowest BCUT2D eigenvalue weighted by molar-refractivity contribution is -0.121. The van der Waals surface area contributed by atoms with Crippen molar-refractivity contribution in [2.75, 3.05) is 5.32 Å². The molecule has 22 heavy (non-hydrogen) atoms. The highest BCUT2D eigenvalue weighted by Gasteiger charge is 2.15. The van der Waals surface area contributed by atoms with E-state index in [1.807, 2.05) is 4.98 Å². The fourth-order valence-corrected chi connectivity index (χ4v) is 1.97. The summed E-state index contributed by atoms with van der Waals surface area (Å²) in [5.74, 6) is -0.212. The van der Waals surface area contributed by atoms with Crippen LogP contribution in [-0.2, 0) is 4.79 Å². The van der Waals surface area contributed by atoms with Gasteiger partial charge in [0.1, 0.15) is 6.04 Å². The van der Waals surface area contributed by atoms with Crippen LogP contribution < -0.4 is 22.0 Å². The molecule has 9 heteroatoms. The molecule has 9 nitrogen and oxygen atoms in total. The molecule has 1 aromatic rings. The molecule has 2 rings (SSSR count). The van der Waals surface area contributed by atoms with Crippen LogP contribution in [-0.4, -0.2) is 33.3 Å². The lowest BCUT2D eigenvalue weighted by atomic mass is 9.96. The van der Waals surface area contributed by atoms with Gasteiger partial charge in [-0.1, -0.05) is 12.2 Å². The van der Waals surface area contributed by atoms with Gasteiger partial charge in [0.2, 0.25) is 5.82 Å². The van der Waals surface area contributed by atoms with E-state index in [9.17, 15) is 14.4 Å². The number of rotatable bonds is 5. The molecule has 0 fully saturated rings. The summed E-state index contributed by atoms with van der Waals surface area (Å²) < 4.78 is 0. The van der Waals surface area contributed by atoms with Crippen molar-refractivity contribution in [2.45, 2.75) is 32.2 Å². The van der Waals surface area contributed by atoms with Gasteiger partial charge in [0.05, 0.1) is 0 Å². The number of anilines is 1. The number of amides is 1. The summed E-state index contributed by atoms with van der Waals surface area (Å²) in [6, 6.07) is -0.733. The van der Waals surface area contributed by atoms with Gasteiger partial charge in [-0.3, -0.25) is 14.6 Å². The summed E-state index contributed by atoms with van der Waals surface area (Å²) in [6.07, 6.45) is 8.90. The van der Waals surface area contributed by atoms with E-state index in [-0.39, 0.29) is 5.82 Å². The van der Waals surface area contributed by atoms with Crippen LogP contribution in [0.4, 0.5) is 5.82 Å². The van der Waals surface area contributed by atoms with E-state index in [2.05, 4.69) is 38.2 Å². The maximum Gasteiger partial charge on any atom is 0.342 e. The van der Waals surface area contributed by atoms with Crippen molar-refractivity contribution in [3.8, 4) is 0 Å². The number of H-pyrrole nitrogens is 2. The summed E-state index contributed by atoms with van der Waals surface area (Å²) >= 11 is 0. The van der Waals surface area contributed by atoms with Crippen molar-refractivity contribution in [1.82, 2.24) is 20.6 Å². The Kier molecular flexibility index (Phi) is 5.23. The zero-order valence-electron chi connectivity index (χ0n) is 12.1. The van der Waals surface area contributed by atoms with Crippen molar-refractivity contribution in [2.24, 2.45) is 11.0 Å². The van der Waals surface area contributed by atoms with Gasteiger partial charge in [-0.05, 0) is 32.1 Å². The summed E-state index contributed by atoms with van der Waals surface area (Å²) in [5, 5.41) is 12.2. The minimum Gasteiger partial charge on any atom is -0.353 e. The molecule has 2 atom stereocenters. The number of hydrogen-bond acceptors (Lipinski definition) is 6. The first-order valence-electron chi connectivity index (χ1n) is 7.00. The highest BCUT2D eigenvalue weighted by molar-refractivity contribution is 5.84. The monoisotopic (exact) mass is 306 g/mol. The fourth-order valence-electron chi connectivity index (χ4n) is 1.97. The Hall–Kier alpha value is -2.71. The lowest BCUT2D eigenvalue weighted by Crippen LogP contribution is -2.38. The molecule has 0 saturated carbocycles. The summed E-state index contributed by atoms with van der Waals surface area (Å²) in [5.41, 5.74) is 1.01. The Bertz CT molecular complexity index is 690. The third-order valence-electron chi connectivity index (χ3n) is 3.23. The van der Waals surface area contributed by atoms with Crippen LogP contribution in [0.1, 0.15) is 26.2 Å². The van der Waals surface area contributed by atoms with Crippen molar-refractivity contribution in [3.63, 3.8) is 0 Å². The molecule has 0 aliphatic heterocycles. The molecule has 0 spiro atoms. The van der Waals surface area contributed by atoms with Gasteiger partial charge >= 0.3 is 5.69 Å². The minimum atomic E-state index is -0.733. The van der Waals surface area contributed by atoms with E-state index in [1.54, 1.807) is 13.1 Å². The SMILES string of the molecule is C[C@@H](Nc1n[nH]c(=O)[nH]c1=O)C(=O)N/N=C\[C@@H]1CC=CCC1. The lowest BCUT2D eigenvalue weighted by Gasteiger charge is -2.13. The Balaban J connectivity index is 1.86. The van der Waals surface area contributed by atoms with Crippen molar-refractivity contribution >= 4 is 17.9 Å². The maximum absolute atomic E-state index is 11.9. The zero-order chi connectivity index (χ0) is 15.9. The van der Waals surface area contributed by atoms with Crippen LogP contribution >= 0.6 is 0 Å². The first kappa shape index (κ1) is 15.7. The first-order chi connectivity index (χ1) is 10.6. The number of carbonyl (C=O) groups is 1. The van der Waals surface area contributed by atoms with Crippen LogP contribution in [0.2, 0.25) is 0 Å². The largest absolute Gasteiger partial charge is 0.353 e. The predicted octanol–water partition coefficient (Wildman–Crippen LogP) is -0.283. The molecule has 0 saturated heterocycles. The molecular weight excluding hydrogens is 288 g/mol. The molecule has 0 bridgehead atoms. The van der Waals surface area contributed by atoms with Gasteiger partial charge in [0.25, 0.3) is 11.5 Å². The number of aromatic amines is 2. The van der Waals surface area contributed by atoms with E-state index in [4.69, 9.17) is 0 Å². The Morgan fingerprint density at radius 1 is 1.50 bits per heavy atom. The molecule has 1 aliphatic carbocycles. The number of hydrazone groups is 1. The predicted molar refractivity (Wildman–Crippen MR) is 81.7 cm³/mol. The fraction of sp³-hybridized carbons (Fsp3) is 0.462. The first-order valence-corrected chi connectivity index (χ1v) is 7.00. The maximum atomic E-state index is 11.9. The van der Waals surface area contributed by atoms with Crippen molar-refractivity contribution in [1.29, 1.82) is 0 Å². The van der Waals surface area contributed by atoms with E-state index < -0.39 is 23.2 Å². The van der Waals surface area contributed by atoms with Gasteiger partial charge < -0.3 is 5.32 Å². The topological polar surface area (TPSA) is 132 Å². The standard InChI is InChI=1S/C13H18N6O3/c1-8(15-10-12(21)16-13(22)19-17-10)11(20)18-14-7-9-5-3-2-4-6-9/h2-3,7-9H,4-6H2,1H3,(H,15,17)(H,18,20)(H2,16,19,21,22)/b14-7-/t8-,9-/m1/s1. The minimum absolute atomic E-state index is 0.136. The highest BCUT2D eigenvalue weighted by Crippen LogP contribution is 2.15. The highest BCUT2D eigenvalue weighted by atomic mass is 16.2. The van der Waals surface area contributed by atoms with Crippen molar-refractivity contribution in [3.05, 3.63) is 33.0 Å². The van der Waals surface area contributed by atoms with E-state index >= 15 is 0 Å². The van der Waals surface area contributed by atoms with Gasteiger partial charge in [0.15, 0.2) is 0 Å². The second kappa shape index (κ2) is 7.34. The number of carbonyl (C=O) groups excluding carboxylic acids is 1. The second-order valence-corrected chi connectivity index (χ2v) is 5.02. The average molecular weight is 306 g/mol. The number of nitrogens with zero attached hydrogens (tertiary/aromatic N) is 2. The molecule has 118 valence electrons. The average Bonchev–Trinajstić information content (AvgIpc) is 2.51.